The summed E-state index contributed by atoms with van der Waals surface area (Å²) in [6.45, 7) is 4.64. The summed E-state index contributed by atoms with van der Waals surface area (Å²) in [7, 11) is 1.73. The molecule has 1 aromatic rings. The predicted octanol–water partition coefficient (Wildman–Crippen LogP) is 2.27. The highest BCUT2D eigenvalue weighted by atomic mass is 16.7. The normalized spacial score (nSPS) is 19.3. The number of phenols is 1. The van der Waals surface area contributed by atoms with E-state index in [1.807, 2.05) is 0 Å². The number of hydrogen-bond acceptors (Lipinski definition) is 5. The van der Waals surface area contributed by atoms with Gasteiger partial charge in [-0.25, -0.2) is 0 Å². The molecule has 7 nitrogen and oxygen atoms in total. The van der Waals surface area contributed by atoms with E-state index < -0.39 is 5.79 Å². The molecule has 3 rings (SSSR count). The van der Waals surface area contributed by atoms with Crippen LogP contribution in [0.4, 0.5) is 5.69 Å². The largest absolute Gasteiger partial charge is 0.507 e. The van der Waals surface area contributed by atoms with Crippen molar-refractivity contribution in [1.29, 1.82) is 0 Å². The Balaban J connectivity index is 1.69. The molecule has 0 radical (unpaired) electrons. The van der Waals surface area contributed by atoms with Gasteiger partial charge in [-0.2, -0.15) is 0 Å². The SMILES string of the molecule is C=CC(=O)Nc1ccc(O)c(C(=O)N(C)C2CCC3(CC2)OCCO3)c1. The van der Waals surface area contributed by atoms with Crippen LogP contribution >= 0.6 is 0 Å². The highest BCUT2D eigenvalue weighted by molar-refractivity contribution is 6.02. The second-order valence-corrected chi connectivity index (χ2v) is 6.68. The van der Waals surface area contributed by atoms with Crippen molar-refractivity contribution in [3.63, 3.8) is 0 Å². The Bertz CT molecular complexity index is 702. The number of aromatic hydroxyl groups is 1. The summed E-state index contributed by atoms with van der Waals surface area (Å²) in [5, 5.41) is 12.7. The van der Waals surface area contributed by atoms with E-state index in [0.29, 0.717) is 18.9 Å². The van der Waals surface area contributed by atoms with E-state index >= 15 is 0 Å². The molecule has 1 aliphatic heterocycles. The van der Waals surface area contributed by atoms with Gasteiger partial charge in [0.15, 0.2) is 5.79 Å². The minimum atomic E-state index is -0.475. The summed E-state index contributed by atoms with van der Waals surface area (Å²) in [4.78, 5) is 25.9. The van der Waals surface area contributed by atoms with E-state index in [-0.39, 0.29) is 29.2 Å². The van der Waals surface area contributed by atoms with E-state index in [0.717, 1.165) is 31.8 Å². The minimum absolute atomic E-state index is 0.0479. The van der Waals surface area contributed by atoms with E-state index in [1.54, 1.807) is 11.9 Å². The summed E-state index contributed by atoms with van der Waals surface area (Å²) in [5.74, 6) is -1.26. The number of hydrogen-bond donors (Lipinski definition) is 2. The van der Waals surface area contributed by atoms with Crippen molar-refractivity contribution < 1.29 is 24.2 Å². The highest BCUT2D eigenvalue weighted by Crippen LogP contribution is 2.37. The molecule has 2 aliphatic rings. The van der Waals surface area contributed by atoms with Crippen LogP contribution in [0.25, 0.3) is 0 Å². The number of anilines is 1. The number of nitrogens with zero attached hydrogens (tertiary/aromatic N) is 1. The molecule has 0 atom stereocenters. The maximum atomic E-state index is 12.9. The molecule has 2 amide bonds. The van der Waals surface area contributed by atoms with Gasteiger partial charge in [-0.05, 0) is 37.1 Å². The van der Waals surface area contributed by atoms with E-state index in [2.05, 4.69) is 11.9 Å². The van der Waals surface area contributed by atoms with Gasteiger partial charge in [0, 0.05) is 31.6 Å². The molecule has 1 saturated carbocycles. The Morgan fingerprint density at radius 2 is 1.96 bits per heavy atom. The van der Waals surface area contributed by atoms with Crippen LogP contribution < -0.4 is 5.32 Å². The molecule has 1 aromatic carbocycles. The first kappa shape index (κ1) is 18.4. The van der Waals surface area contributed by atoms with Crippen LogP contribution in [0.5, 0.6) is 5.75 Å². The summed E-state index contributed by atoms with van der Waals surface area (Å²) in [6, 6.07) is 4.46. The first-order valence-electron chi connectivity index (χ1n) is 8.76. The average Bonchev–Trinajstić information content (AvgIpc) is 3.10. The third-order valence-electron chi connectivity index (χ3n) is 5.08. The smallest absolute Gasteiger partial charge is 0.257 e. The van der Waals surface area contributed by atoms with Crippen LogP contribution in [0, 0.1) is 0 Å². The Kier molecular flexibility index (Phi) is 5.29. The topological polar surface area (TPSA) is 88.1 Å². The lowest BCUT2D eigenvalue weighted by atomic mass is 9.89. The molecule has 0 bridgehead atoms. The second-order valence-electron chi connectivity index (χ2n) is 6.68. The summed E-state index contributed by atoms with van der Waals surface area (Å²) in [6.07, 6.45) is 4.19. The van der Waals surface area contributed by atoms with Crippen molar-refractivity contribution in [2.75, 3.05) is 25.6 Å². The molecular formula is C19H24N2O5. The van der Waals surface area contributed by atoms with Crippen LogP contribution in [0.2, 0.25) is 0 Å². The standard InChI is InChI=1S/C19H24N2O5/c1-3-17(23)20-13-4-5-16(22)15(12-13)18(24)21(2)14-6-8-19(9-7-14)25-10-11-26-19/h3-5,12,14,22H,1,6-11H2,2H3,(H,20,23). The minimum Gasteiger partial charge on any atom is -0.507 e. The fraction of sp³-hybridized carbons (Fsp3) is 0.474. The molecular weight excluding hydrogens is 336 g/mol. The molecule has 0 aromatic heterocycles. The molecule has 2 N–H and O–H groups in total. The fourth-order valence-electron chi connectivity index (χ4n) is 3.55. The van der Waals surface area contributed by atoms with Gasteiger partial charge in [0.05, 0.1) is 18.8 Å². The van der Waals surface area contributed by atoms with Gasteiger partial charge in [0.25, 0.3) is 5.91 Å². The van der Waals surface area contributed by atoms with Gasteiger partial charge in [0.1, 0.15) is 5.75 Å². The molecule has 1 saturated heterocycles. The third-order valence-corrected chi connectivity index (χ3v) is 5.08. The van der Waals surface area contributed by atoms with Crippen molar-refractivity contribution in [2.24, 2.45) is 0 Å². The molecule has 7 heteroatoms. The first-order chi connectivity index (χ1) is 12.4. The summed E-state index contributed by atoms with van der Waals surface area (Å²) < 4.78 is 11.4. The average molecular weight is 360 g/mol. The van der Waals surface area contributed by atoms with Crippen molar-refractivity contribution in [2.45, 2.75) is 37.5 Å². The molecule has 140 valence electrons. The van der Waals surface area contributed by atoms with Crippen molar-refractivity contribution in [3.05, 3.63) is 36.4 Å². The van der Waals surface area contributed by atoms with Crippen molar-refractivity contribution in [3.8, 4) is 5.75 Å². The predicted molar refractivity (Wildman–Crippen MR) is 95.9 cm³/mol. The lowest BCUT2D eigenvalue weighted by Crippen LogP contribution is -2.44. The van der Waals surface area contributed by atoms with Gasteiger partial charge in [-0.15, -0.1) is 0 Å². The maximum absolute atomic E-state index is 12.9. The van der Waals surface area contributed by atoms with E-state index in [1.165, 1.54) is 18.2 Å². The molecule has 0 unspecified atom stereocenters. The number of amides is 2. The number of nitrogens with one attached hydrogen (secondary N) is 1. The van der Waals surface area contributed by atoms with Gasteiger partial charge in [-0.3, -0.25) is 9.59 Å². The van der Waals surface area contributed by atoms with Crippen molar-refractivity contribution >= 4 is 17.5 Å². The number of rotatable bonds is 4. The zero-order valence-corrected chi connectivity index (χ0v) is 14.9. The Morgan fingerprint density at radius 1 is 1.31 bits per heavy atom. The Morgan fingerprint density at radius 3 is 2.58 bits per heavy atom. The van der Waals surface area contributed by atoms with Crippen LogP contribution in [0.3, 0.4) is 0 Å². The van der Waals surface area contributed by atoms with Crippen LogP contribution in [0.15, 0.2) is 30.9 Å². The van der Waals surface area contributed by atoms with Crippen LogP contribution in [0.1, 0.15) is 36.0 Å². The summed E-state index contributed by atoms with van der Waals surface area (Å²) in [5.41, 5.74) is 0.586. The molecule has 1 spiro atoms. The monoisotopic (exact) mass is 360 g/mol. The fourth-order valence-corrected chi connectivity index (χ4v) is 3.55. The maximum Gasteiger partial charge on any atom is 0.257 e. The quantitative estimate of drug-likeness (QED) is 0.635. The Hall–Kier alpha value is -2.38. The zero-order valence-electron chi connectivity index (χ0n) is 14.9. The molecule has 1 aliphatic carbocycles. The number of ether oxygens (including phenoxy) is 2. The van der Waals surface area contributed by atoms with Gasteiger partial charge >= 0.3 is 0 Å². The molecule has 1 heterocycles. The lowest BCUT2D eigenvalue weighted by molar-refractivity contribution is -0.182. The number of benzene rings is 1. The molecule has 26 heavy (non-hydrogen) atoms. The first-order valence-corrected chi connectivity index (χ1v) is 8.76. The second kappa shape index (κ2) is 7.47. The third kappa shape index (κ3) is 3.73. The Labute approximate surface area is 152 Å². The molecule has 2 fully saturated rings. The summed E-state index contributed by atoms with van der Waals surface area (Å²) >= 11 is 0. The highest BCUT2D eigenvalue weighted by Gasteiger charge is 2.41. The number of phenolic OH excluding ortho intramolecular Hbond substituents is 1. The zero-order chi connectivity index (χ0) is 18.7. The van der Waals surface area contributed by atoms with Crippen LogP contribution in [-0.2, 0) is 14.3 Å². The van der Waals surface area contributed by atoms with E-state index in [4.69, 9.17) is 9.47 Å². The lowest BCUT2D eigenvalue weighted by Gasteiger charge is -2.39. The van der Waals surface area contributed by atoms with Gasteiger partial charge in [0.2, 0.25) is 5.91 Å². The van der Waals surface area contributed by atoms with Gasteiger partial charge < -0.3 is 24.8 Å². The van der Waals surface area contributed by atoms with Gasteiger partial charge in [-0.1, -0.05) is 6.58 Å². The van der Waals surface area contributed by atoms with Crippen molar-refractivity contribution in [1.82, 2.24) is 4.90 Å². The van der Waals surface area contributed by atoms with Crippen LogP contribution in [-0.4, -0.2) is 53.9 Å². The number of carbonyl (C=O) groups is 2. The number of carbonyl (C=O) groups excluding carboxylic acids is 2. The van der Waals surface area contributed by atoms with E-state index in [9.17, 15) is 14.7 Å².